The second-order valence-corrected chi connectivity index (χ2v) is 8.40. The summed E-state index contributed by atoms with van der Waals surface area (Å²) in [5.41, 5.74) is 0.978. The average Bonchev–Trinajstić information content (AvgIpc) is 3.42. The maximum Gasteiger partial charge on any atom is 0.232 e. The molecule has 1 saturated heterocycles. The Balaban J connectivity index is 1.52. The molecule has 1 unspecified atom stereocenters. The van der Waals surface area contributed by atoms with Gasteiger partial charge in [0.2, 0.25) is 5.95 Å². The minimum absolute atomic E-state index is 0.0439. The van der Waals surface area contributed by atoms with E-state index in [2.05, 4.69) is 35.2 Å². The lowest BCUT2D eigenvalue weighted by atomic mass is 10.1. The monoisotopic (exact) mass is 434 g/mol. The first kappa shape index (κ1) is 19.6. The molecule has 0 bridgehead atoms. The predicted octanol–water partition coefficient (Wildman–Crippen LogP) is 4.70. The fourth-order valence-electron chi connectivity index (χ4n) is 4.51. The normalized spacial score (nSPS) is 19.1. The SMILES string of the molecule is CC1CN(c2nc(-c3ccc4ccccc4c3)nn2-c2ccccc2)C2(C=CC(=O)C=C2)O1. The number of carbonyl (C=O) groups excluding carboxylic acids is 1. The number of allylic oxidation sites excluding steroid dienone is 2. The molecule has 2 heterocycles. The maximum atomic E-state index is 11.8. The van der Waals surface area contributed by atoms with Crippen molar-refractivity contribution in [2.24, 2.45) is 0 Å². The lowest BCUT2D eigenvalue weighted by Gasteiger charge is -2.33. The molecule has 33 heavy (non-hydrogen) atoms. The van der Waals surface area contributed by atoms with Gasteiger partial charge in [0.15, 0.2) is 17.3 Å². The van der Waals surface area contributed by atoms with Crippen LogP contribution in [0.15, 0.2) is 97.1 Å². The summed E-state index contributed by atoms with van der Waals surface area (Å²) in [5.74, 6) is 1.25. The number of hydrogen-bond acceptors (Lipinski definition) is 5. The summed E-state index contributed by atoms with van der Waals surface area (Å²) < 4.78 is 8.14. The van der Waals surface area contributed by atoms with Gasteiger partial charge in [0, 0.05) is 5.56 Å². The van der Waals surface area contributed by atoms with Crippen molar-refractivity contribution in [3.05, 3.63) is 97.1 Å². The summed E-state index contributed by atoms with van der Waals surface area (Å²) in [4.78, 5) is 18.9. The van der Waals surface area contributed by atoms with Gasteiger partial charge in [-0.25, -0.2) is 0 Å². The molecule has 6 nitrogen and oxygen atoms in total. The van der Waals surface area contributed by atoms with Crippen LogP contribution >= 0.6 is 0 Å². The molecule has 0 saturated carbocycles. The average molecular weight is 434 g/mol. The number of para-hydroxylation sites is 1. The number of benzene rings is 3. The molecule has 0 amide bonds. The van der Waals surface area contributed by atoms with Gasteiger partial charge in [-0.1, -0.05) is 54.6 Å². The quantitative estimate of drug-likeness (QED) is 0.468. The molecule has 6 heteroatoms. The Morgan fingerprint density at radius 1 is 0.939 bits per heavy atom. The molecule has 2 aliphatic rings. The first-order valence-electron chi connectivity index (χ1n) is 11.0. The van der Waals surface area contributed by atoms with E-state index in [-0.39, 0.29) is 11.9 Å². The molecule has 1 aliphatic heterocycles. The van der Waals surface area contributed by atoms with Gasteiger partial charge in [0.05, 0.1) is 18.3 Å². The lowest BCUT2D eigenvalue weighted by molar-refractivity contribution is -0.110. The van der Waals surface area contributed by atoms with Gasteiger partial charge in [0.1, 0.15) is 0 Å². The van der Waals surface area contributed by atoms with E-state index in [1.54, 1.807) is 24.3 Å². The highest BCUT2D eigenvalue weighted by molar-refractivity contribution is 6.00. The zero-order chi connectivity index (χ0) is 22.4. The van der Waals surface area contributed by atoms with E-state index >= 15 is 0 Å². The number of rotatable bonds is 3. The molecule has 0 N–H and O–H groups in total. The van der Waals surface area contributed by atoms with E-state index in [9.17, 15) is 4.79 Å². The van der Waals surface area contributed by atoms with Crippen molar-refractivity contribution in [3.8, 4) is 17.1 Å². The molecule has 1 atom stereocenters. The third-order valence-electron chi connectivity index (χ3n) is 6.06. The van der Waals surface area contributed by atoms with Crippen molar-refractivity contribution in [3.63, 3.8) is 0 Å². The van der Waals surface area contributed by atoms with E-state index in [0.717, 1.165) is 16.6 Å². The van der Waals surface area contributed by atoms with Crippen molar-refractivity contribution in [2.45, 2.75) is 18.8 Å². The van der Waals surface area contributed by atoms with Crippen molar-refractivity contribution in [1.82, 2.24) is 14.8 Å². The number of ketones is 1. The first-order valence-corrected chi connectivity index (χ1v) is 11.0. The minimum Gasteiger partial charge on any atom is -0.343 e. The zero-order valence-electron chi connectivity index (χ0n) is 18.1. The largest absolute Gasteiger partial charge is 0.343 e. The van der Waals surface area contributed by atoms with Crippen LogP contribution in [-0.2, 0) is 9.53 Å². The molecule has 1 aromatic heterocycles. The highest BCUT2D eigenvalue weighted by Crippen LogP contribution is 2.37. The van der Waals surface area contributed by atoms with Gasteiger partial charge in [-0.05, 0) is 60.2 Å². The maximum absolute atomic E-state index is 11.8. The van der Waals surface area contributed by atoms with Gasteiger partial charge in [-0.2, -0.15) is 9.67 Å². The van der Waals surface area contributed by atoms with Crippen molar-refractivity contribution in [2.75, 3.05) is 11.4 Å². The van der Waals surface area contributed by atoms with Gasteiger partial charge >= 0.3 is 0 Å². The molecule has 3 aromatic carbocycles. The highest BCUT2D eigenvalue weighted by atomic mass is 16.5. The van der Waals surface area contributed by atoms with E-state index < -0.39 is 5.72 Å². The van der Waals surface area contributed by atoms with E-state index in [1.807, 2.05) is 54.1 Å². The Bertz CT molecular complexity index is 1400. The van der Waals surface area contributed by atoms with Gasteiger partial charge < -0.3 is 9.64 Å². The molecule has 162 valence electrons. The summed E-state index contributed by atoms with van der Waals surface area (Å²) in [5, 5.41) is 7.22. The van der Waals surface area contributed by atoms with E-state index in [1.165, 1.54) is 5.39 Å². The predicted molar refractivity (Wildman–Crippen MR) is 128 cm³/mol. The lowest BCUT2D eigenvalue weighted by Crippen LogP contribution is -2.44. The summed E-state index contributed by atoms with van der Waals surface area (Å²) >= 11 is 0. The molecule has 6 rings (SSSR count). The summed E-state index contributed by atoms with van der Waals surface area (Å²) in [6.45, 7) is 2.64. The number of hydrogen-bond donors (Lipinski definition) is 0. The summed E-state index contributed by atoms with van der Waals surface area (Å²) in [7, 11) is 0. The fraction of sp³-hybridized carbons (Fsp3) is 0.148. The van der Waals surface area contributed by atoms with Crippen LogP contribution in [-0.4, -0.2) is 38.9 Å². The fourth-order valence-corrected chi connectivity index (χ4v) is 4.51. The van der Waals surface area contributed by atoms with Crippen LogP contribution in [0.2, 0.25) is 0 Å². The Labute approximate surface area is 191 Å². The smallest absolute Gasteiger partial charge is 0.232 e. The summed E-state index contributed by atoms with van der Waals surface area (Å²) in [6, 6.07) is 24.5. The Morgan fingerprint density at radius 2 is 1.67 bits per heavy atom. The zero-order valence-corrected chi connectivity index (χ0v) is 18.1. The number of nitrogens with zero attached hydrogens (tertiary/aromatic N) is 4. The van der Waals surface area contributed by atoms with Gasteiger partial charge in [-0.15, -0.1) is 5.10 Å². The van der Waals surface area contributed by atoms with E-state index in [4.69, 9.17) is 14.8 Å². The third kappa shape index (κ3) is 3.36. The van der Waals surface area contributed by atoms with Crippen LogP contribution in [0.4, 0.5) is 5.95 Å². The summed E-state index contributed by atoms with van der Waals surface area (Å²) in [6.07, 6.45) is 6.67. The molecule has 1 fully saturated rings. The first-order chi connectivity index (χ1) is 16.1. The third-order valence-corrected chi connectivity index (χ3v) is 6.06. The van der Waals surface area contributed by atoms with Crippen LogP contribution in [0.1, 0.15) is 6.92 Å². The number of ether oxygens (including phenoxy) is 1. The molecule has 0 radical (unpaired) electrons. The number of anilines is 1. The van der Waals surface area contributed by atoms with Crippen LogP contribution < -0.4 is 4.90 Å². The topological polar surface area (TPSA) is 60.2 Å². The minimum atomic E-state index is -0.868. The van der Waals surface area contributed by atoms with Crippen LogP contribution in [0.3, 0.4) is 0 Å². The Kier molecular flexibility index (Phi) is 4.48. The Morgan fingerprint density at radius 3 is 2.45 bits per heavy atom. The highest BCUT2D eigenvalue weighted by Gasteiger charge is 2.45. The van der Waals surface area contributed by atoms with E-state index in [0.29, 0.717) is 18.3 Å². The molecular weight excluding hydrogens is 412 g/mol. The van der Waals surface area contributed by atoms with Crippen molar-refractivity contribution >= 4 is 22.5 Å². The molecule has 1 aliphatic carbocycles. The second kappa shape index (κ2) is 7.53. The second-order valence-electron chi connectivity index (χ2n) is 8.40. The molecular formula is C27H22N4O2. The number of aromatic nitrogens is 3. The molecule has 1 spiro atoms. The van der Waals surface area contributed by atoms with Crippen LogP contribution in [0.25, 0.3) is 27.8 Å². The van der Waals surface area contributed by atoms with Crippen LogP contribution in [0, 0.1) is 0 Å². The Hall–Kier alpha value is -4.03. The van der Waals surface area contributed by atoms with Crippen molar-refractivity contribution < 1.29 is 9.53 Å². The standard InChI is InChI=1S/C27H22N4O2/c1-19-18-30(27(33-19)15-13-24(32)14-16-27)26-28-25(29-31(26)23-9-3-2-4-10-23)22-12-11-20-7-5-6-8-21(20)17-22/h2-17,19H,18H2,1H3. The van der Waals surface area contributed by atoms with Crippen LogP contribution in [0.5, 0.6) is 0 Å². The number of carbonyl (C=O) groups is 1. The number of fused-ring (bicyclic) bond motifs is 1. The van der Waals surface area contributed by atoms with Gasteiger partial charge in [0.25, 0.3) is 0 Å². The van der Waals surface area contributed by atoms with Crippen molar-refractivity contribution in [1.29, 1.82) is 0 Å². The van der Waals surface area contributed by atoms with Gasteiger partial charge in [-0.3, -0.25) is 4.79 Å². The molecule has 4 aromatic rings.